The summed E-state index contributed by atoms with van der Waals surface area (Å²) >= 11 is 0. The van der Waals surface area contributed by atoms with Gasteiger partial charge < -0.3 is 9.80 Å². The molecule has 0 spiro atoms. The highest BCUT2D eigenvalue weighted by Gasteiger charge is 2.40. The Morgan fingerprint density at radius 2 is 2.30 bits per heavy atom. The van der Waals surface area contributed by atoms with Crippen LogP contribution in [0.5, 0.6) is 0 Å². The second-order valence-electron chi connectivity index (χ2n) is 5.10. The fourth-order valence-corrected chi connectivity index (χ4v) is 2.93. The lowest BCUT2D eigenvalue weighted by atomic mass is 10.1. The lowest BCUT2D eigenvalue weighted by Crippen LogP contribution is -2.49. The highest BCUT2D eigenvalue weighted by molar-refractivity contribution is 6.04. The van der Waals surface area contributed by atoms with Gasteiger partial charge >= 0.3 is 0 Å². The zero-order chi connectivity index (χ0) is 13.7. The molecule has 20 heavy (non-hydrogen) atoms. The van der Waals surface area contributed by atoms with Crippen LogP contribution in [0.25, 0.3) is 5.95 Å². The van der Waals surface area contributed by atoms with Gasteiger partial charge in [-0.1, -0.05) is 0 Å². The Morgan fingerprint density at radius 1 is 1.40 bits per heavy atom. The first-order chi connectivity index (χ1) is 9.75. The summed E-state index contributed by atoms with van der Waals surface area (Å²) < 4.78 is 1.77. The average molecular weight is 270 g/mol. The maximum Gasteiger partial charge on any atom is 0.249 e. The van der Waals surface area contributed by atoms with Gasteiger partial charge in [-0.15, -0.1) is 0 Å². The van der Waals surface area contributed by atoms with E-state index >= 15 is 0 Å². The van der Waals surface area contributed by atoms with Gasteiger partial charge in [0.05, 0.1) is 6.20 Å². The van der Waals surface area contributed by atoms with Gasteiger partial charge in [0.1, 0.15) is 18.1 Å². The number of fused-ring (bicyclic) bond motifs is 3. The molecule has 0 N–H and O–H groups in total. The molecular formula is C13H14N6O. The minimum atomic E-state index is -0.0713. The third-order valence-corrected chi connectivity index (χ3v) is 3.97. The smallest absolute Gasteiger partial charge is 0.249 e. The van der Waals surface area contributed by atoms with Crippen LogP contribution in [0.15, 0.2) is 24.9 Å². The quantitative estimate of drug-likeness (QED) is 0.759. The molecule has 7 nitrogen and oxygen atoms in total. The molecule has 0 aromatic carbocycles. The van der Waals surface area contributed by atoms with Gasteiger partial charge in [0.2, 0.25) is 11.9 Å². The number of rotatable bonds is 1. The van der Waals surface area contributed by atoms with Crippen LogP contribution in [0.2, 0.25) is 0 Å². The Hall–Kier alpha value is -2.44. The Balaban J connectivity index is 1.86. The lowest BCUT2D eigenvalue weighted by Gasteiger charge is -2.36. The first-order valence-corrected chi connectivity index (χ1v) is 6.65. The SMILES string of the molecule is CN1C(=O)C2CCCN2c2nc(-n3ccnc3)ncc21. The molecule has 2 aromatic rings. The third-order valence-electron chi connectivity index (χ3n) is 3.97. The summed E-state index contributed by atoms with van der Waals surface area (Å²) in [7, 11) is 1.79. The Morgan fingerprint density at radius 3 is 3.10 bits per heavy atom. The molecule has 1 amide bonds. The van der Waals surface area contributed by atoms with Crippen molar-refractivity contribution >= 4 is 17.4 Å². The summed E-state index contributed by atoms with van der Waals surface area (Å²) in [5, 5.41) is 0. The molecule has 102 valence electrons. The molecule has 1 saturated heterocycles. The molecule has 0 bridgehead atoms. The first kappa shape index (κ1) is 11.4. The van der Waals surface area contributed by atoms with Crippen molar-refractivity contribution in [3.8, 4) is 5.95 Å². The minimum Gasteiger partial charge on any atom is -0.343 e. The molecule has 2 aromatic heterocycles. The summed E-state index contributed by atoms with van der Waals surface area (Å²) in [6.07, 6.45) is 8.80. The van der Waals surface area contributed by atoms with Crippen molar-refractivity contribution in [1.29, 1.82) is 0 Å². The number of hydrogen-bond acceptors (Lipinski definition) is 5. The monoisotopic (exact) mass is 270 g/mol. The number of anilines is 2. The number of aromatic nitrogens is 4. The van der Waals surface area contributed by atoms with E-state index in [4.69, 9.17) is 0 Å². The molecule has 0 radical (unpaired) electrons. The van der Waals surface area contributed by atoms with E-state index in [1.54, 1.807) is 41.4 Å². The van der Waals surface area contributed by atoms with E-state index in [0.717, 1.165) is 30.9 Å². The van der Waals surface area contributed by atoms with E-state index in [0.29, 0.717) is 5.95 Å². The van der Waals surface area contributed by atoms with Crippen molar-refractivity contribution in [1.82, 2.24) is 19.5 Å². The molecular weight excluding hydrogens is 256 g/mol. The van der Waals surface area contributed by atoms with E-state index in [9.17, 15) is 4.79 Å². The Labute approximate surface area is 115 Å². The standard InChI is InChI=1S/C13H14N6O/c1-17-10-7-15-13(18-6-4-14-8-18)16-11(10)19-5-2-3-9(19)12(17)20/h4,6-9H,2-3,5H2,1H3. The van der Waals surface area contributed by atoms with Gasteiger partial charge in [-0.2, -0.15) is 4.98 Å². The van der Waals surface area contributed by atoms with Gasteiger partial charge in [0.15, 0.2) is 5.82 Å². The molecule has 1 fully saturated rings. The normalized spacial score (nSPS) is 21.1. The summed E-state index contributed by atoms with van der Waals surface area (Å²) in [6.45, 7) is 0.873. The Kier molecular flexibility index (Phi) is 2.29. The van der Waals surface area contributed by atoms with Crippen molar-refractivity contribution < 1.29 is 4.79 Å². The van der Waals surface area contributed by atoms with Crippen molar-refractivity contribution in [2.75, 3.05) is 23.4 Å². The van der Waals surface area contributed by atoms with Gasteiger partial charge in [-0.25, -0.2) is 9.97 Å². The van der Waals surface area contributed by atoms with Crippen LogP contribution in [0.1, 0.15) is 12.8 Å². The largest absolute Gasteiger partial charge is 0.343 e. The van der Waals surface area contributed by atoms with Crippen LogP contribution >= 0.6 is 0 Å². The fraction of sp³-hybridized carbons (Fsp3) is 0.385. The van der Waals surface area contributed by atoms with Crippen LogP contribution in [-0.2, 0) is 4.79 Å². The molecule has 2 aliphatic rings. The molecule has 4 rings (SSSR count). The number of nitrogens with zero attached hydrogens (tertiary/aromatic N) is 6. The topological polar surface area (TPSA) is 67.2 Å². The van der Waals surface area contributed by atoms with Gasteiger partial charge in [0, 0.05) is 26.0 Å². The molecule has 2 aliphatic heterocycles. The van der Waals surface area contributed by atoms with Crippen LogP contribution in [0, 0.1) is 0 Å². The van der Waals surface area contributed by atoms with Gasteiger partial charge in [0.25, 0.3) is 0 Å². The highest BCUT2D eigenvalue weighted by atomic mass is 16.2. The van der Waals surface area contributed by atoms with E-state index in [1.165, 1.54) is 0 Å². The van der Waals surface area contributed by atoms with Crippen molar-refractivity contribution in [3.05, 3.63) is 24.9 Å². The summed E-state index contributed by atoms with van der Waals surface area (Å²) in [4.78, 5) is 29.0. The van der Waals surface area contributed by atoms with E-state index in [2.05, 4.69) is 19.9 Å². The summed E-state index contributed by atoms with van der Waals surface area (Å²) in [6, 6.07) is -0.0713. The van der Waals surface area contributed by atoms with Crippen molar-refractivity contribution in [2.24, 2.45) is 0 Å². The van der Waals surface area contributed by atoms with Gasteiger partial charge in [-0.05, 0) is 12.8 Å². The average Bonchev–Trinajstić information content (AvgIpc) is 3.15. The maximum atomic E-state index is 12.3. The maximum absolute atomic E-state index is 12.3. The number of amides is 1. The summed E-state index contributed by atoms with van der Waals surface area (Å²) in [5.41, 5.74) is 0.775. The number of hydrogen-bond donors (Lipinski definition) is 0. The predicted molar refractivity (Wildman–Crippen MR) is 72.9 cm³/mol. The molecule has 1 unspecified atom stereocenters. The van der Waals surface area contributed by atoms with Gasteiger partial charge in [-0.3, -0.25) is 9.36 Å². The van der Waals surface area contributed by atoms with Crippen LogP contribution in [0.3, 0.4) is 0 Å². The van der Waals surface area contributed by atoms with Crippen molar-refractivity contribution in [3.63, 3.8) is 0 Å². The molecule has 7 heteroatoms. The minimum absolute atomic E-state index is 0.0713. The van der Waals surface area contributed by atoms with Crippen LogP contribution < -0.4 is 9.80 Å². The number of imidazole rings is 1. The highest BCUT2D eigenvalue weighted by Crippen LogP contribution is 2.37. The summed E-state index contributed by atoms with van der Waals surface area (Å²) in [5.74, 6) is 1.55. The molecule has 1 atom stereocenters. The molecule has 4 heterocycles. The third kappa shape index (κ3) is 1.46. The number of carbonyl (C=O) groups excluding carboxylic acids is 1. The molecule has 0 aliphatic carbocycles. The predicted octanol–water partition coefficient (Wildman–Crippen LogP) is 0.607. The zero-order valence-electron chi connectivity index (χ0n) is 11.1. The van der Waals surface area contributed by atoms with E-state index in [1.807, 2.05) is 0 Å². The van der Waals surface area contributed by atoms with Crippen molar-refractivity contribution in [2.45, 2.75) is 18.9 Å². The van der Waals surface area contributed by atoms with Crippen LogP contribution in [0.4, 0.5) is 11.5 Å². The van der Waals surface area contributed by atoms with E-state index in [-0.39, 0.29) is 11.9 Å². The number of carbonyl (C=O) groups is 1. The fourth-order valence-electron chi connectivity index (χ4n) is 2.93. The van der Waals surface area contributed by atoms with Crippen LogP contribution in [-0.4, -0.2) is 45.1 Å². The second kappa shape index (κ2) is 4.03. The van der Waals surface area contributed by atoms with E-state index < -0.39 is 0 Å². The zero-order valence-corrected chi connectivity index (χ0v) is 11.1. The molecule has 0 saturated carbocycles. The first-order valence-electron chi connectivity index (χ1n) is 6.65. The lowest BCUT2D eigenvalue weighted by molar-refractivity contribution is -0.119. The number of likely N-dealkylation sites (N-methyl/N-ethyl adjacent to an activating group) is 1. The second-order valence-corrected chi connectivity index (χ2v) is 5.10. The Bertz CT molecular complexity index is 668.